The van der Waals surface area contributed by atoms with E-state index >= 15 is 0 Å². The Morgan fingerprint density at radius 3 is 2.35 bits per heavy atom. The van der Waals surface area contributed by atoms with Gasteiger partial charge in [-0.1, -0.05) is 34.1 Å². The first-order valence-corrected chi connectivity index (χ1v) is 11.1. The van der Waals surface area contributed by atoms with E-state index in [0.29, 0.717) is 33.8 Å². The van der Waals surface area contributed by atoms with E-state index < -0.39 is 17.7 Å². The summed E-state index contributed by atoms with van der Waals surface area (Å²) >= 11 is 3.37. The van der Waals surface area contributed by atoms with Crippen molar-refractivity contribution in [3.63, 3.8) is 0 Å². The zero-order valence-corrected chi connectivity index (χ0v) is 19.2. The summed E-state index contributed by atoms with van der Waals surface area (Å²) in [5.41, 5.74) is 1.81. The summed E-state index contributed by atoms with van der Waals surface area (Å²) < 4.78 is 8.17. The van der Waals surface area contributed by atoms with Gasteiger partial charge in [0.25, 0.3) is 17.7 Å². The second-order valence-electron chi connectivity index (χ2n) is 7.49. The number of ether oxygens (including phenoxy) is 1. The van der Waals surface area contributed by atoms with Gasteiger partial charge >= 0.3 is 0 Å². The second-order valence-corrected chi connectivity index (χ2v) is 8.41. The number of imide groups is 1. The third-order valence-corrected chi connectivity index (χ3v) is 5.76. The molecular weight excluding hydrogens is 500 g/mol. The molecule has 1 aliphatic rings. The monoisotopic (exact) mass is 516 g/mol. The lowest BCUT2D eigenvalue weighted by Gasteiger charge is -2.15. The number of fused-ring (bicyclic) bond motifs is 1. The molecule has 168 valence electrons. The van der Waals surface area contributed by atoms with Crippen LogP contribution in [0, 0.1) is 0 Å². The van der Waals surface area contributed by atoms with Crippen LogP contribution in [0.2, 0.25) is 0 Å². The van der Waals surface area contributed by atoms with E-state index in [2.05, 4.69) is 26.3 Å². The molecule has 1 aliphatic heterocycles. The topological polar surface area (TPSA) is 93.5 Å². The molecule has 0 unspecified atom stereocenters. The van der Waals surface area contributed by atoms with Gasteiger partial charge in [0, 0.05) is 10.0 Å². The average Bonchev–Trinajstić information content (AvgIpc) is 3.40. The van der Waals surface area contributed by atoms with Crippen LogP contribution in [0.4, 0.5) is 11.4 Å². The van der Waals surface area contributed by atoms with Crippen LogP contribution in [0.5, 0.6) is 5.75 Å². The van der Waals surface area contributed by atoms with E-state index in [1.165, 1.54) is 12.3 Å². The van der Waals surface area contributed by atoms with Crippen molar-refractivity contribution in [3.05, 3.63) is 106 Å². The molecule has 1 N–H and O–H groups in total. The SMILES string of the molecule is O=C(Nc1cnn(COc2ccc(Br)cc2)c1)c1cccc(N2C(=O)c3ccccc3C2=O)c1. The molecule has 0 atom stereocenters. The maximum Gasteiger partial charge on any atom is 0.266 e. The van der Waals surface area contributed by atoms with Crippen LogP contribution in [0.15, 0.2) is 89.7 Å². The fourth-order valence-corrected chi connectivity index (χ4v) is 3.85. The summed E-state index contributed by atoms with van der Waals surface area (Å²) in [6, 6.07) is 20.4. The largest absolute Gasteiger partial charge is 0.471 e. The standard InChI is InChI=1S/C25H17BrN4O4/c26-17-8-10-20(11-9-17)34-15-29-14-18(13-27-29)28-23(31)16-4-3-5-19(12-16)30-24(32)21-6-1-2-7-22(21)25(30)33/h1-14H,15H2,(H,28,31). The minimum Gasteiger partial charge on any atom is -0.471 e. The van der Waals surface area contributed by atoms with Crippen LogP contribution >= 0.6 is 15.9 Å². The van der Waals surface area contributed by atoms with Crippen LogP contribution in [0.3, 0.4) is 0 Å². The zero-order valence-electron chi connectivity index (χ0n) is 17.6. The van der Waals surface area contributed by atoms with Crippen molar-refractivity contribution in [2.45, 2.75) is 6.73 Å². The van der Waals surface area contributed by atoms with Gasteiger partial charge in [-0.3, -0.25) is 14.4 Å². The Balaban J connectivity index is 1.27. The van der Waals surface area contributed by atoms with E-state index in [9.17, 15) is 14.4 Å². The number of hydrogen-bond donors (Lipinski definition) is 1. The van der Waals surface area contributed by atoms with Crippen LogP contribution in [-0.4, -0.2) is 27.5 Å². The zero-order chi connectivity index (χ0) is 23.7. The molecule has 0 fully saturated rings. The summed E-state index contributed by atoms with van der Waals surface area (Å²) in [7, 11) is 0. The van der Waals surface area contributed by atoms with E-state index in [0.717, 1.165) is 9.37 Å². The molecule has 9 heteroatoms. The van der Waals surface area contributed by atoms with Crippen molar-refractivity contribution >= 4 is 45.0 Å². The van der Waals surface area contributed by atoms with Gasteiger partial charge in [-0.25, -0.2) is 9.58 Å². The molecule has 34 heavy (non-hydrogen) atoms. The molecule has 1 aromatic heterocycles. The van der Waals surface area contributed by atoms with E-state index in [-0.39, 0.29) is 6.73 Å². The molecule has 4 aromatic rings. The van der Waals surface area contributed by atoms with Crippen molar-refractivity contribution < 1.29 is 19.1 Å². The first-order valence-electron chi connectivity index (χ1n) is 10.3. The van der Waals surface area contributed by atoms with Gasteiger partial charge in [0.15, 0.2) is 6.73 Å². The number of benzene rings is 3. The molecule has 0 bridgehead atoms. The quantitative estimate of drug-likeness (QED) is 0.373. The van der Waals surface area contributed by atoms with Gasteiger partial charge in [0.05, 0.1) is 34.9 Å². The normalized spacial score (nSPS) is 12.6. The number of hydrogen-bond acceptors (Lipinski definition) is 5. The van der Waals surface area contributed by atoms with Gasteiger partial charge in [-0.05, 0) is 54.6 Å². The number of nitrogens with one attached hydrogen (secondary N) is 1. The second kappa shape index (κ2) is 8.95. The number of anilines is 2. The first kappa shape index (κ1) is 21.6. The summed E-state index contributed by atoms with van der Waals surface area (Å²) in [6.45, 7) is 0.173. The maximum absolute atomic E-state index is 12.8. The molecule has 0 saturated carbocycles. The van der Waals surface area contributed by atoms with Crippen molar-refractivity contribution in [1.82, 2.24) is 9.78 Å². The Bertz CT molecular complexity index is 1380. The predicted molar refractivity (Wildman–Crippen MR) is 129 cm³/mol. The highest BCUT2D eigenvalue weighted by atomic mass is 79.9. The molecular formula is C25H17BrN4O4. The average molecular weight is 517 g/mol. The molecule has 2 heterocycles. The number of aromatic nitrogens is 2. The highest BCUT2D eigenvalue weighted by Crippen LogP contribution is 2.29. The fourth-order valence-electron chi connectivity index (χ4n) is 3.58. The third kappa shape index (κ3) is 4.20. The van der Waals surface area contributed by atoms with E-state index in [1.54, 1.807) is 53.3 Å². The lowest BCUT2D eigenvalue weighted by Crippen LogP contribution is -2.29. The Kier molecular flexibility index (Phi) is 5.69. The molecule has 0 spiro atoms. The van der Waals surface area contributed by atoms with Crippen molar-refractivity contribution in [2.24, 2.45) is 0 Å². The Labute approximate surface area is 202 Å². The highest BCUT2D eigenvalue weighted by Gasteiger charge is 2.36. The van der Waals surface area contributed by atoms with Crippen LogP contribution < -0.4 is 15.0 Å². The first-order chi connectivity index (χ1) is 16.5. The van der Waals surface area contributed by atoms with Crippen molar-refractivity contribution in [1.29, 1.82) is 0 Å². The van der Waals surface area contributed by atoms with Gasteiger partial charge in [-0.15, -0.1) is 0 Å². The molecule has 0 radical (unpaired) electrons. The minimum atomic E-state index is -0.412. The number of amides is 3. The molecule has 3 amide bonds. The summed E-state index contributed by atoms with van der Waals surface area (Å²) in [4.78, 5) is 39.4. The number of rotatable bonds is 6. The predicted octanol–water partition coefficient (Wildman–Crippen LogP) is 4.74. The van der Waals surface area contributed by atoms with Crippen LogP contribution in [0.1, 0.15) is 31.1 Å². The Morgan fingerprint density at radius 1 is 0.941 bits per heavy atom. The minimum absolute atomic E-state index is 0.173. The number of nitrogens with zero attached hydrogens (tertiary/aromatic N) is 3. The summed E-state index contributed by atoms with van der Waals surface area (Å²) in [5, 5.41) is 6.96. The lowest BCUT2D eigenvalue weighted by atomic mass is 10.1. The number of carbonyl (C=O) groups is 3. The molecule has 0 aliphatic carbocycles. The van der Waals surface area contributed by atoms with Gasteiger partial charge in [0.1, 0.15) is 5.75 Å². The molecule has 0 saturated heterocycles. The Hall–Kier alpha value is -4.24. The van der Waals surface area contributed by atoms with Crippen LogP contribution in [0.25, 0.3) is 0 Å². The molecule has 8 nitrogen and oxygen atoms in total. The van der Waals surface area contributed by atoms with Crippen molar-refractivity contribution in [3.8, 4) is 5.75 Å². The van der Waals surface area contributed by atoms with Crippen LogP contribution in [-0.2, 0) is 6.73 Å². The van der Waals surface area contributed by atoms with E-state index in [1.807, 2.05) is 24.3 Å². The summed E-state index contributed by atoms with van der Waals surface area (Å²) in [5.74, 6) is -0.531. The number of halogens is 1. The molecule has 5 rings (SSSR count). The van der Waals surface area contributed by atoms with Gasteiger partial charge in [-0.2, -0.15) is 5.10 Å². The van der Waals surface area contributed by atoms with E-state index in [4.69, 9.17) is 4.74 Å². The Morgan fingerprint density at radius 2 is 1.65 bits per heavy atom. The summed E-state index contributed by atoms with van der Waals surface area (Å²) in [6.07, 6.45) is 3.15. The maximum atomic E-state index is 12.8. The smallest absolute Gasteiger partial charge is 0.266 e. The molecule has 3 aromatic carbocycles. The van der Waals surface area contributed by atoms with Gasteiger partial charge in [0.2, 0.25) is 0 Å². The fraction of sp³-hybridized carbons (Fsp3) is 0.0400. The highest BCUT2D eigenvalue weighted by molar-refractivity contribution is 9.10. The number of carbonyl (C=O) groups excluding carboxylic acids is 3. The van der Waals surface area contributed by atoms with Gasteiger partial charge < -0.3 is 10.1 Å². The third-order valence-electron chi connectivity index (χ3n) is 5.23. The lowest BCUT2D eigenvalue weighted by molar-refractivity contribution is 0.0924. The van der Waals surface area contributed by atoms with Crippen molar-refractivity contribution in [2.75, 3.05) is 10.2 Å².